The van der Waals surface area contributed by atoms with E-state index in [4.69, 9.17) is 11.6 Å². The van der Waals surface area contributed by atoms with E-state index in [1.165, 1.54) is 0 Å². The van der Waals surface area contributed by atoms with E-state index >= 15 is 0 Å². The SMILES string of the molecule is CCc1c(C(=O)N2CC[C@@H]3CNC[C@@H]3CC2)nnn1-c1cccc(Cl)c1.Cl. The van der Waals surface area contributed by atoms with E-state index < -0.39 is 0 Å². The molecule has 2 atom stereocenters. The van der Waals surface area contributed by atoms with E-state index in [9.17, 15) is 4.79 Å². The van der Waals surface area contributed by atoms with Crippen molar-refractivity contribution in [2.75, 3.05) is 26.2 Å². The van der Waals surface area contributed by atoms with Gasteiger partial charge in [-0.1, -0.05) is 29.8 Å². The first kappa shape index (κ1) is 20.1. The predicted molar refractivity (Wildman–Crippen MR) is 108 cm³/mol. The standard InChI is InChI=1S/C19H24ClN5O.ClH/c1-2-17-18(22-23-25(17)16-5-3-4-15(20)10-16)19(26)24-8-6-13-11-21-12-14(13)7-9-24;/h3-5,10,13-14,21H,2,6-9,11-12H2,1H3;1H/t13-,14+;. The summed E-state index contributed by atoms with van der Waals surface area (Å²) in [4.78, 5) is 15.1. The zero-order valence-corrected chi connectivity index (χ0v) is 17.0. The zero-order valence-electron chi connectivity index (χ0n) is 15.4. The summed E-state index contributed by atoms with van der Waals surface area (Å²) >= 11 is 6.10. The van der Waals surface area contributed by atoms with Gasteiger partial charge < -0.3 is 10.2 Å². The molecular weight excluding hydrogens is 385 g/mol. The summed E-state index contributed by atoms with van der Waals surface area (Å²) < 4.78 is 1.73. The molecule has 27 heavy (non-hydrogen) atoms. The molecule has 0 unspecified atom stereocenters. The van der Waals surface area contributed by atoms with Crippen molar-refractivity contribution in [2.45, 2.75) is 26.2 Å². The average Bonchev–Trinajstić information content (AvgIpc) is 3.23. The van der Waals surface area contributed by atoms with Crippen LogP contribution in [0.5, 0.6) is 0 Å². The summed E-state index contributed by atoms with van der Waals surface area (Å²) in [6.07, 6.45) is 2.81. The summed E-state index contributed by atoms with van der Waals surface area (Å²) in [5.74, 6) is 1.39. The third kappa shape index (κ3) is 3.98. The molecule has 1 amide bonds. The van der Waals surface area contributed by atoms with Crippen LogP contribution in [0.3, 0.4) is 0 Å². The van der Waals surface area contributed by atoms with Gasteiger partial charge in [-0.15, -0.1) is 17.5 Å². The number of benzene rings is 1. The van der Waals surface area contributed by atoms with Gasteiger partial charge in [0.05, 0.1) is 11.4 Å². The molecule has 1 aromatic heterocycles. The second kappa shape index (κ2) is 8.59. The maximum Gasteiger partial charge on any atom is 0.276 e. The Hall–Kier alpha value is -1.63. The first-order valence-electron chi connectivity index (χ1n) is 9.38. The monoisotopic (exact) mass is 409 g/mol. The number of nitrogens with zero attached hydrogens (tertiary/aromatic N) is 4. The number of halogens is 2. The highest BCUT2D eigenvalue weighted by molar-refractivity contribution is 6.30. The Morgan fingerprint density at radius 1 is 1.26 bits per heavy atom. The maximum atomic E-state index is 13.1. The molecule has 146 valence electrons. The summed E-state index contributed by atoms with van der Waals surface area (Å²) in [5, 5.41) is 12.6. The first-order valence-corrected chi connectivity index (χ1v) is 9.75. The Morgan fingerprint density at radius 3 is 2.59 bits per heavy atom. The molecule has 4 rings (SSSR count). The minimum atomic E-state index is 0. The first-order chi connectivity index (χ1) is 12.7. The van der Waals surface area contributed by atoms with Gasteiger partial charge in [0.2, 0.25) is 0 Å². The van der Waals surface area contributed by atoms with Crippen LogP contribution >= 0.6 is 24.0 Å². The largest absolute Gasteiger partial charge is 0.337 e. The molecule has 2 fully saturated rings. The Morgan fingerprint density at radius 2 is 1.96 bits per heavy atom. The summed E-state index contributed by atoms with van der Waals surface area (Å²) in [6.45, 7) is 5.79. The summed E-state index contributed by atoms with van der Waals surface area (Å²) in [7, 11) is 0. The highest BCUT2D eigenvalue weighted by atomic mass is 35.5. The van der Waals surface area contributed by atoms with Crippen molar-refractivity contribution in [3.8, 4) is 5.69 Å². The van der Waals surface area contributed by atoms with Gasteiger partial charge in [0.1, 0.15) is 0 Å². The molecule has 0 aliphatic carbocycles. The molecule has 2 aromatic rings. The number of aromatic nitrogens is 3. The number of fused-ring (bicyclic) bond motifs is 1. The smallest absolute Gasteiger partial charge is 0.276 e. The van der Waals surface area contributed by atoms with E-state index in [0.29, 0.717) is 29.0 Å². The molecule has 0 radical (unpaired) electrons. The lowest BCUT2D eigenvalue weighted by molar-refractivity contribution is 0.0751. The number of likely N-dealkylation sites (tertiary alicyclic amines) is 1. The second-order valence-corrected chi connectivity index (χ2v) is 7.61. The Kier molecular flexibility index (Phi) is 6.40. The van der Waals surface area contributed by atoms with Crippen LogP contribution in [0.4, 0.5) is 0 Å². The molecule has 0 spiro atoms. The van der Waals surface area contributed by atoms with E-state index in [1.54, 1.807) is 4.68 Å². The molecule has 2 aliphatic heterocycles. The molecule has 0 saturated carbocycles. The Labute approximate surface area is 170 Å². The molecule has 1 N–H and O–H groups in total. The third-order valence-electron chi connectivity index (χ3n) is 5.66. The van der Waals surface area contributed by atoms with Gasteiger partial charge in [-0.3, -0.25) is 4.79 Å². The van der Waals surface area contributed by atoms with E-state index in [-0.39, 0.29) is 18.3 Å². The molecular formula is C19H25Cl2N5O. The van der Waals surface area contributed by atoms with Crippen LogP contribution in [0.2, 0.25) is 5.02 Å². The number of hydrogen-bond acceptors (Lipinski definition) is 4. The minimum absolute atomic E-state index is 0. The van der Waals surface area contributed by atoms with Crippen molar-refractivity contribution in [2.24, 2.45) is 11.8 Å². The normalized spacial score (nSPS) is 22.1. The van der Waals surface area contributed by atoms with Crippen molar-refractivity contribution in [1.82, 2.24) is 25.2 Å². The lowest BCUT2D eigenvalue weighted by Gasteiger charge is -2.20. The van der Waals surface area contributed by atoms with Crippen LogP contribution < -0.4 is 5.32 Å². The van der Waals surface area contributed by atoms with Gasteiger partial charge >= 0.3 is 0 Å². The van der Waals surface area contributed by atoms with E-state index in [2.05, 4.69) is 15.6 Å². The highest BCUT2D eigenvalue weighted by Gasteiger charge is 2.33. The van der Waals surface area contributed by atoms with Gasteiger partial charge in [-0.2, -0.15) is 0 Å². The number of nitrogens with one attached hydrogen (secondary N) is 1. The Balaban J connectivity index is 0.00000210. The zero-order chi connectivity index (χ0) is 18.1. The number of carbonyl (C=O) groups excluding carboxylic acids is 1. The lowest BCUT2D eigenvalue weighted by atomic mass is 9.92. The molecule has 1 aromatic carbocycles. The lowest BCUT2D eigenvalue weighted by Crippen LogP contribution is -2.33. The summed E-state index contributed by atoms with van der Waals surface area (Å²) in [6, 6.07) is 7.46. The van der Waals surface area contributed by atoms with Crippen molar-refractivity contribution in [3.05, 3.63) is 40.7 Å². The predicted octanol–water partition coefficient (Wildman–Crippen LogP) is 2.98. The van der Waals surface area contributed by atoms with Crippen molar-refractivity contribution < 1.29 is 4.79 Å². The highest BCUT2D eigenvalue weighted by Crippen LogP contribution is 2.28. The van der Waals surface area contributed by atoms with Gasteiger partial charge in [0.25, 0.3) is 5.91 Å². The van der Waals surface area contributed by atoms with Crippen LogP contribution in [0.25, 0.3) is 5.69 Å². The molecule has 2 aliphatic rings. The van der Waals surface area contributed by atoms with Crippen molar-refractivity contribution in [3.63, 3.8) is 0 Å². The molecule has 2 saturated heterocycles. The average molecular weight is 410 g/mol. The fourth-order valence-corrected chi connectivity index (χ4v) is 4.36. The van der Waals surface area contributed by atoms with Crippen LogP contribution in [0, 0.1) is 11.8 Å². The molecule has 8 heteroatoms. The molecule has 6 nitrogen and oxygen atoms in total. The third-order valence-corrected chi connectivity index (χ3v) is 5.90. The van der Waals surface area contributed by atoms with Crippen LogP contribution in [0.1, 0.15) is 35.9 Å². The van der Waals surface area contributed by atoms with Gasteiger partial charge in [0, 0.05) is 18.1 Å². The minimum Gasteiger partial charge on any atom is -0.337 e. The summed E-state index contributed by atoms with van der Waals surface area (Å²) in [5.41, 5.74) is 2.14. The fourth-order valence-electron chi connectivity index (χ4n) is 4.17. The van der Waals surface area contributed by atoms with Crippen molar-refractivity contribution in [1.29, 1.82) is 0 Å². The second-order valence-electron chi connectivity index (χ2n) is 7.18. The fraction of sp³-hybridized carbons (Fsp3) is 0.526. The van der Waals surface area contributed by atoms with Crippen molar-refractivity contribution >= 4 is 29.9 Å². The van der Waals surface area contributed by atoms with E-state index in [0.717, 1.165) is 50.4 Å². The van der Waals surface area contributed by atoms with Gasteiger partial charge in [0.15, 0.2) is 5.69 Å². The number of rotatable bonds is 3. The number of carbonyl (C=O) groups is 1. The van der Waals surface area contributed by atoms with Gasteiger partial charge in [-0.05, 0) is 62.4 Å². The van der Waals surface area contributed by atoms with Crippen LogP contribution in [-0.2, 0) is 6.42 Å². The van der Waals surface area contributed by atoms with Crippen LogP contribution in [0.15, 0.2) is 24.3 Å². The molecule has 3 heterocycles. The van der Waals surface area contributed by atoms with Gasteiger partial charge in [-0.25, -0.2) is 4.68 Å². The molecule has 0 bridgehead atoms. The maximum absolute atomic E-state index is 13.1. The number of amides is 1. The number of hydrogen-bond donors (Lipinski definition) is 1. The topological polar surface area (TPSA) is 63.1 Å². The quantitative estimate of drug-likeness (QED) is 0.845. The Bertz CT molecular complexity index is 795. The van der Waals surface area contributed by atoms with Crippen LogP contribution in [-0.4, -0.2) is 52.0 Å². The van der Waals surface area contributed by atoms with E-state index in [1.807, 2.05) is 36.1 Å².